The van der Waals surface area contributed by atoms with Crippen LogP contribution in [0.2, 0.25) is 0 Å². The van der Waals surface area contributed by atoms with Gasteiger partial charge in [0.1, 0.15) is 5.78 Å². The van der Waals surface area contributed by atoms with Crippen LogP contribution in [0, 0.1) is 11.8 Å². The molecule has 0 aromatic rings. The summed E-state index contributed by atoms with van der Waals surface area (Å²) in [5.74, 6) is 1.57. The number of carbonyl (C=O) groups is 1. The molecule has 0 aliphatic carbocycles. The first-order valence-corrected chi connectivity index (χ1v) is 6.42. The molecule has 0 radical (unpaired) electrons. The zero-order valence-electron chi connectivity index (χ0n) is 10.5. The zero-order chi connectivity index (χ0) is 11.3. The number of nitrogens with zero attached hydrogens (tertiary/aromatic N) is 1. The van der Waals surface area contributed by atoms with E-state index in [4.69, 9.17) is 0 Å². The van der Waals surface area contributed by atoms with Crippen molar-refractivity contribution in [2.24, 2.45) is 11.8 Å². The Labute approximate surface area is 94.0 Å². The van der Waals surface area contributed by atoms with Crippen LogP contribution in [-0.2, 0) is 4.79 Å². The molecule has 0 aromatic carbocycles. The number of hydrogen-bond donors (Lipinski definition) is 0. The molecule has 2 atom stereocenters. The summed E-state index contributed by atoms with van der Waals surface area (Å²) in [5.41, 5.74) is 0. The van der Waals surface area contributed by atoms with E-state index in [-0.39, 0.29) is 0 Å². The molecule has 2 heteroatoms. The van der Waals surface area contributed by atoms with Crippen LogP contribution in [0.15, 0.2) is 0 Å². The molecule has 15 heavy (non-hydrogen) atoms. The second-order valence-electron chi connectivity index (χ2n) is 4.97. The number of likely N-dealkylation sites (tertiary alicyclic amines) is 1. The number of rotatable bonds is 5. The van der Waals surface area contributed by atoms with Gasteiger partial charge in [0.15, 0.2) is 0 Å². The number of Topliss-reactive ketones (excluding diaryl/α,β-unsaturated/α-hetero) is 1. The molecule has 2 unspecified atom stereocenters. The van der Waals surface area contributed by atoms with Crippen molar-refractivity contribution in [3.05, 3.63) is 0 Å². The summed E-state index contributed by atoms with van der Waals surface area (Å²) < 4.78 is 0. The highest BCUT2D eigenvalue weighted by Crippen LogP contribution is 2.18. The second kappa shape index (κ2) is 6.26. The Bertz CT molecular complexity index is 203. The quantitative estimate of drug-likeness (QED) is 0.697. The standard InChI is InChI=1S/C13H25NO/c1-4-6-11(3)9-14-8-7-13(15)12(5-2)10-14/h11-12H,4-10H2,1-3H3. The van der Waals surface area contributed by atoms with Crippen molar-refractivity contribution < 1.29 is 4.79 Å². The molecule has 1 heterocycles. The summed E-state index contributed by atoms with van der Waals surface area (Å²) >= 11 is 0. The number of ketones is 1. The lowest BCUT2D eigenvalue weighted by atomic mass is 9.93. The highest BCUT2D eigenvalue weighted by molar-refractivity contribution is 5.82. The summed E-state index contributed by atoms with van der Waals surface area (Å²) in [6.07, 6.45) is 4.36. The van der Waals surface area contributed by atoms with Crippen LogP contribution in [0.5, 0.6) is 0 Å². The average molecular weight is 211 g/mol. The molecular weight excluding hydrogens is 186 g/mol. The van der Waals surface area contributed by atoms with E-state index >= 15 is 0 Å². The molecule has 0 bridgehead atoms. The zero-order valence-corrected chi connectivity index (χ0v) is 10.5. The summed E-state index contributed by atoms with van der Waals surface area (Å²) in [5, 5.41) is 0. The van der Waals surface area contributed by atoms with E-state index in [1.807, 2.05) is 0 Å². The van der Waals surface area contributed by atoms with Gasteiger partial charge in [-0.25, -0.2) is 0 Å². The fourth-order valence-corrected chi connectivity index (χ4v) is 2.52. The Hall–Kier alpha value is -0.370. The van der Waals surface area contributed by atoms with Gasteiger partial charge in [-0.2, -0.15) is 0 Å². The maximum Gasteiger partial charge on any atom is 0.138 e. The molecule has 1 rings (SSSR count). The van der Waals surface area contributed by atoms with Crippen molar-refractivity contribution in [1.29, 1.82) is 0 Å². The van der Waals surface area contributed by atoms with Gasteiger partial charge in [0.2, 0.25) is 0 Å². The molecule has 88 valence electrons. The van der Waals surface area contributed by atoms with E-state index in [2.05, 4.69) is 25.7 Å². The predicted molar refractivity (Wildman–Crippen MR) is 63.9 cm³/mol. The van der Waals surface area contributed by atoms with Crippen molar-refractivity contribution in [2.75, 3.05) is 19.6 Å². The molecular formula is C13H25NO. The fraction of sp³-hybridized carbons (Fsp3) is 0.923. The highest BCUT2D eigenvalue weighted by Gasteiger charge is 2.25. The van der Waals surface area contributed by atoms with Gasteiger partial charge in [-0.05, 0) is 18.8 Å². The lowest BCUT2D eigenvalue weighted by Crippen LogP contribution is -2.42. The highest BCUT2D eigenvalue weighted by atomic mass is 16.1. The van der Waals surface area contributed by atoms with Gasteiger partial charge < -0.3 is 4.90 Å². The maximum atomic E-state index is 11.6. The van der Waals surface area contributed by atoms with Crippen molar-refractivity contribution in [3.63, 3.8) is 0 Å². The summed E-state index contributed by atoms with van der Waals surface area (Å²) in [6, 6.07) is 0. The molecule has 0 saturated carbocycles. The van der Waals surface area contributed by atoms with E-state index in [0.29, 0.717) is 11.7 Å². The molecule has 1 aliphatic heterocycles. The largest absolute Gasteiger partial charge is 0.302 e. The summed E-state index contributed by atoms with van der Waals surface area (Å²) in [7, 11) is 0. The first-order valence-electron chi connectivity index (χ1n) is 6.42. The second-order valence-corrected chi connectivity index (χ2v) is 4.97. The normalized spacial score (nSPS) is 25.5. The Morgan fingerprint density at radius 2 is 2.20 bits per heavy atom. The van der Waals surface area contributed by atoms with E-state index in [1.54, 1.807) is 0 Å². The Morgan fingerprint density at radius 1 is 1.47 bits per heavy atom. The van der Waals surface area contributed by atoms with E-state index in [9.17, 15) is 4.79 Å². The van der Waals surface area contributed by atoms with Crippen LogP contribution < -0.4 is 0 Å². The molecule has 1 saturated heterocycles. The molecule has 2 nitrogen and oxygen atoms in total. The Morgan fingerprint density at radius 3 is 2.80 bits per heavy atom. The molecule has 1 aliphatic rings. The van der Waals surface area contributed by atoms with Crippen molar-refractivity contribution in [1.82, 2.24) is 4.90 Å². The van der Waals surface area contributed by atoms with Crippen LogP contribution >= 0.6 is 0 Å². The average Bonchev–Trinajstić information content (AvgIpc) is 2.21. The van der Waals surface area contributed by atoms with Crippen molar-refractivity contribution >= 4 is 5.78 Å². The van der Waals surface area contributed by atoms with Crippen LogP contribution in [0.1, 0.15) is 46.5 Å². The lowest BCUT2D eigenvalue weighted by molar-refractivity contribution is -0.126. The number of piperidine rings is 1. The smallest absolute Gasteiger partial charge is 0.138 e. The van der Waals surface area contributed by atoms with Crippen LogP contribution in [0.3, 0.4) is 0 Å². The molecule has 0 spiro atoms. The minimum Gasteiger partial charge on any atom is -0.302 e. The van der Waals surface area contributed by atoms with Crippen LogP contribution in [-0.4, -0.2) is 30.3 Å². The Balaban J connectivity index is 2.34. The third-order valence-electron chi connectivity index (χ3n) is 3.45. The number of hydrogen-bond acceptors (Lipinski definition) is 2. The first-order chi connectivity index (χ1) is 7.17. The molecule has 0 aromatic heterocycles. The topological polar surface area (TPSA) is 20.3 Å². The van der Waals surface area contributed by atoms with Crippen molar-refractivity contribution in [2.45, 2.75) is 46.5 Å². The van der Waals surface area contributed by atoms with E-state index < -0.39 is 0 Å². The fourth-order valence-electron chi connectivity index (χ4n) is 2.52. The molecule has 0 N–H and O–H groups in total. The Kier molecular flexibility index (Phi) is 5.30. The van der Waals surface area contributed by atoms with Gasteiger partial charge in [0, 0.05) is 32.0 Å². The summed E-state index contributed by atoms with van der Waals surface area (Å²) in [6.45, 7) is 9.86. The predicted octanol–water partition coefficient (Wildman–Crippen LogP) is 2.72. The molecule has 0 amide bonds. The summed E-state index contributed by atoms with van der Waals surface area (Å²) in [4.78, 5) is 14.0. The third-order valence-corrected chi connectivity index (χ3v) is 3.45. The third kappa shape index (κ3) is 3.94. The van der Waals surface area contributed by atoms with Gasteiger partial charge in [0.25, 0.3) is 0 Å². The lowest BCUT2D eigenvalue weighted by Gasteiger charge is -2.33. The molecule has 1 fully saturated rings. The van der Waals surface area contributed by atoms with Gasteiger partial charge in [-0.3, -0.25) is 4.79 Å². The SMILES string of the molecule is CCCC(C)CN1CCC(=O)C(CC)C1. The first kappa shape index (κ1) is 12.7. The minimum atomic E-state index is 0.313. The van der Waals surface area contributed by atoms with Crippen molar-refractivity contribution in [3.8, 4) is 0 Å². The van der Waals surface area contributed by atoms with Crippen LogP contribution in [0.4, 0.5) is 0 Å². The van der Waals surface area contributed by atoms with Crippen LogP contribution in [0.25, 0.3) is 0 Å². The van der Waals surface area contributed by atoms with E-state index in [0.717, 1.165) is 31.8 Å². The van der Waals surface area contributed by atoms with Gasteiger partial charge in [-0.1, -0.05) is 27.2 Å². The van der Waals surface area contributed by atoms with Gasteiger partial charge >= 0.3 is 0 Å². The van der Waals surface area contributed by atoms with Gasteiger partial charge in [0.05, 0.1) is 0 Å². The number of carbonyl (C=O) groups excluding carboxylic acids is 1. The minimum absolute atomic E-state index is 0.313. The van der Waals surface area contributed by atoms with Gasteiger partial charge in [-0.15, -0.1) is 0 Å². The monoisotopic (exact) mass is 211 g/mol. The maximum absolute atomic E-state index is 11.6. The van der Waals surface area contributed by atoms with E-state index in [1.165, 1.54) is 19.4 Å².